The van der Waals surface area contributed by atoms with Gasteiger partial charge in [0.15, 0.2) is 0 Å². The van der Waals surface area contributed by atoms with Crippen molar-refractivity contribution in [1.82, 2.24) is 4.98 Å². The van der Waals surface area contributed by atoms with E-state index in [-0.39, 0.29) is 33.9 Å². The number of benzene rings is 1. The Balaban J connectivity index is 1.59. The second-order valence-corrected chi connectivity index (χ2v) is 9.47. The molecule has 2 aliphatic carbocycles. The number of ether oxygens (including phenoxy) is 2. The average Bonchev–Trinajstić information content (AvgIpc) is 3.11. The van der Waals surface area contributed by atoms with Crippen LogP contribution in [0.2, 0.25) is 0 Å². The lowest BCUT2D eigenvalue weighted by Crippen LogP contribution is -2.18. The van der Waals surface area contributed by atoms with Gasteiger partial charge in [-0.1, -0.05) is 25.0 Å². The molecule has 0 aliphatic heterocycles. The van der Waals surface area contributed by atoms with Gasteiger partial charge in [-0.25, -0.2) is 13.6 Å². The van der Waals surface area contributed by atoms with Crippen molar-refractivity contribution in [3.8, 4) is 11.8 Å². The van der Waals surface area contributed by atoms with Crippen LogP contribution in [0.25, 0.3) is 0 Å². The molecule has 9 heteroatoms. The van der Waals surface area contributed by atoms with E-state index in [9.17, 15) is 13.2 Å². The summed E-state index contributed by atoms with van der Waals surface area (Å²) in [6.45, 7) is 0. The number of methoxy groups -OCH3 is 2. The third kappa shape index (κ3) is 3.52. The number of aromatic nitrogens is 1. The first-order valence-electron chi connectivity index (χ1n) is 9.83. The average molecular weight is 432 g/mol. The van der Waals surface area contributed by atoms with Crippen molar-refractivity contribution in [2.24, 2.45) is 16.5 Å². The van der Waals surface area contributed by atoms with E-state index >= 15 is 0 Å². The first-order valence-corrected chi connectivity index (χ1v) is 11.4. The van der Waals surface area contributed by atoms with Crippen molar-refractivity contribution < 1.29 is 22.7 Å². The third-order valence-electron chi connectivity index (χ3n) is 6.34. The second-order valence-electron chi connectivity index (χ2n) is 7.91. The van der Waals surface area contributed by atoms with Crippen molar-refractivity contribution in [3.63, 3.8) is 0 Å². The van der Waals surface area contributed by atoms with Crippen LogP contribution in [-0.4, -0.2) is 33.5 Å². The molecular formula is C21H25N3O5S. The fraction of sp³-hybridized carbons (Fsp3) is 0.429. The molecule has 2 aromatic rings. The predicted molar refractivity (Wildman–Crippen MR) is 111 cm³/mol. The van der Waals surface area contributed by atoms with Gasteiger partial charge in [0.25, 0.3) is 0 Å². The Morgan fingerprint density at radius 1 is 1.10 bits per heavy atom. The van der Waals surface area contributed by atoms with E-state index in [0.29, 0.717) is 11.6 Å². The van der Waals surface area contributed by atoms with Gasteiger partial charge in [0.2, 0.25) is 27.7 Å². The number of amides is 1. The van der Waals surface area contributed by atoms with Crippen LogP contribution in [0.5, 0.6) is 11.8 Å². The second kappa shape index (κ2) is 7.55. The van der Waals surface area contributed by atoms with E-state index in [1.54, 1.807) is 24.3 Å². The van der Waals surface area contributed by atoms with Crippen LogP contribution in [0.15, 0.2) is 41.3 Å². The highest BCUT2D eigenvalue weighted by Crippen LogP contribution is 2.72. The molecule has 4 rings (SSSR count). The standard InChI is InChI=1S/C21H25N3O5S/c1-28-16-10-9-15(20(24-16)29-2)23-19(25)18-17(21(18)11-3-4-12-21)13-5-7-14(8-6-13)30(22,26)27/h5-10,17-18H,3-4,11-12H2,1-2H3,(H,23,25)(H2,22,26,27)/t17-,18+/m1/s1. The predicted octanol–water partition coefficient (Wildman–Crippen LogP) is 2.66. The molecule has 1 heterocycles. The Morgan fingerprint density at radius 3 is 2.33 bits per heavy atom. The maximum atomic E-state index is 13.2. The van der Waals surface area contributed by atoms with E-state index in [1.165, 1.54) is 26.4 Å². The summed E-state index contributed by atoms with van der Waals surface area (Å²) in [5.41, 5.74) is 1.37. The molecule has 2 aliphatic rings. The molecule has 1 aromatic carbocycles. The first kappa shape index (κ1) is 20.6. The minimum Gasteiger partial charge on any atom is -0.481 e. The fourth-order valence-electron chi connectivity index (χ4n) is 4.95. The lowest BCUT2D eigenvalue weighted by molar-refractivity contribution is -0.118. The van der Waals surface area contributed by atoms with Crippen LogP contribution in [0, 0.1) is 11.3 Å². The number of anilines is 1. The molecule has 1 amide bonds. The Kier molecular flexibility index (Phi) is 5.19. The van der Waals surface area contributed by atoms with E-state index in [2.05, 4.69) is 10.3 Å². The number of carbonyl (C=O) groups is 1. The van der Waals surface area contributed by atoms with Gasteiger partial charge in [0.1, 0.15) is 5.69 Å². The van der Waals surface area contributed by atoms with Crippen LogP contribution in [0.3, 0.4) is 0 Å². The SMILES string of the molecule is COc1ccc(NC(=O)[C@@H]2[C@@H](c3ccc(S(N)(=O)=O)cc3)C23CCCC3)c(OC)n1. The summed E-state index contributed by atoms with van der Waals surface area (Å²) < 4.78 is 33.5. The van der Waals surface area contributed by atoms with Gasteiger partial charge in [-0.3, -0.25) is 4.79 Å². The van der Waals surface area contributed by atoms with Crippen molar-refractivity contribution >= 4 is 21.6 Å². The molecule has 8 nitrogen and oxygen atoms in total. The monoisotopic (exact) mass is 431 g/mol. The lowest BCUT2D eigenvalue weighted by atomic mass is 9.97. The molecule has 3 N–H and O–H groups in total. The number of nitrogens with two attached hydrogens (primary N) is 1. The Labute approximate surface area is 175 Å². The van der Waals surface area contributed by atoms with Gasteiger partial charge in [0, 0.05) is 12.0 Å². The molecule has 0 radical (unpaired) electrons. The normalized spacial score (nSPS) is 22.0. The van der Waals surface area contributed by atoms with Gasteiger partial charge in [0.05, 0.1) is 25.0 Å². The number of hydrogen-bond donors (Lipinski definition) is 2. The highest BCUT2D eigenvalue weighted by molar-refractivity contribution is 7.89. The maximum Gasteiger partial charge on any atom is 0.240 e. The summed E-state index contributed by atoms with van der Waals surface area (Å²) in [6.07, 6.45) is 4.13. The molecule has 2 atom stereocenters. The van der Waals surface area contributed by atoms with Gasteiger partial charge >= 0.3 is 0 Å². The van der Waals surface area contributed by atoms with Crippen LogP contribution in [0.4, 0.5) is 5.69 Å². The highest BCUT2D eigenvalue weighted by Gasteiger charge is 2.68. The molecule has 0 saturated heterocycles. The quantitative estimate of drug-likeness (QED) is 0.725. The van der Waals surface area contributed by atoms with Crippen molar-refractivity contribution in [3.05, 3.63) is 42.0 Å². The van der Waals surface area contributed by atoms with Crippen LogP contribution in [0.1, 0.15) is 37.2 Å². The van der Waals surface area contributed by atoms with Gasteiger partial charge < -0.3 is 14.8 Å². The number of sulfonamides is 1. The number of carbonyl (C=O) groups excluding carboxylic acids is 1. The van der Waals surface area contributed by atoms with Crippen LogP contribution >= 0.6 is 0 Å². The molecular weight excluding hydrogens is 406 g/mol. The fourth-order valence-corrected chi connectivity index (χ4v) is 5.46. The third-order valence-corrected chi connectivity index (χ3v) is 7.27. The summed E-state index contributed by atoms with van der Waals surface area (Å²) >= 11 is 0. The van der Waals surface area contributed by atoms with Crippen LogP contribution in [-0.2, 0) is 14.8 Å². The molecule has 2 fully saturated rings. The number of nitrogens with zero attached hydrogens (tertiary/aromatic N) is 1. The summed E-state index contributed by atoms with van der Waals surface area (Å²) in [6, 6.07) is 9.94. The molecule has 1 spiro atoms. The molecule has 1 aromatic heterocycles. The van der Waals surface area contributed by atoms with E-state index in [0.717, 1.165) is 31.2 Å². The molecule has 160 valence electrons. The Hall–Kier alpha value is -2.65. The van der Waals surface area contributed by atoms with Crippen LogP contribution < -0.4 is 19.9 Å². The number of pyridine rings is 1. The summed E-state index contributed by atoms with van der Waals surface area (Å²) in [7, 11) is -0.744. The number of hydrogen-bond acceptors (Lipinski definition) is 6. The van der Waals surface area contributed by atoms with E-state index in [4.69, 9.17) is 14.6 Å². The number of primary sulfonamides is 1. The highest BCUT2D eigenvalue weighted by atomic mass is 32.2. The Morgan fingerprint density at radius 2 is 1.77 bits per heavy atom. The maximum absolute atomic E-state index is 13.2. The molecule has 0 bridgehead atoms. The lowest BCUT2D eigenvalue weighted by Gasteiger charge is -2.12. The molecule has 2 saturated carbocycles. The zero-order valence-corrected chi connectivity index (χ0v) is 17.7. The smallest absolute Gasteiger partial charge is 0.240 e. The zero-order valence-electron chi connectivity index (χ0n) is 16.9. The summed E-state index contributed by atoms with van der Waals surface area (Å²) in [4.78, 5) is 17.5. The largest absolute Gasteiger partial charge is 0.481 e. The first-order chi connectivity index (χ1) is 14.3. The van der Waals surface area contributed by atoms with Gasteiger partial charge in [-0.15, -0.1) is 0 Å². The molecule has 30 heavy (non-hydrogen) atoms. The number of rotatable bonds is 6. The summed E-state index contributed by atoms with van der Waals surface area (Å²) in [5, 5.41) is 8.17. The topological polar surface area (TPSA) is 121 Å². The zero-order chi connectivity index (χ0) is 21.5. The minimum absolute atomic E-state index is 0.0479. The van der Waals surface area contributed by atoms with E-state index in [1.807, 2.05) is 0 Å². The Bertz CT molecular complexity index is 1060. The summed E-state index contributed by atoms with van der Waals surface area (Å²) in [5.74, 6) is 0.468. The van der Waals surface area contributed by atoms with Crippen molar-refractivity contribution in [2.75, 3.05) is 19.5 Å². The van der Waals surface area contributed by atoms with Crippen molar-refractivity contribution in [1.29, 1.82) is 0 Å². The molecule has 0 unspecified atom stereocenters. The van der Waals surface area contributed by atoms with Gasteiger partial charge in [-0.2, -0.15) is 4.98 Å². The minimum atomic E-state index is -3.75. The van der Waals surface area contributed by atoms with E-state index < -0.39 is 10.0 Å². The van der Waals surface area contributed by atoms with Gasteiger partial charge in [-0.05, 0) is 42.0 Å². The number of nitrogens with one attached hydrogen (secondary N) is 1. The van der Waals surface area contributed by atoms with Crippen molar-refractivity contribution in [2.45, 2.75) is 36.5 Å².